The smallest absolute Gasteiger partial charge is 0.276 e. The second-order valence-electron chi connectivity index (χ2n) is 9.23. The van der Waals surface area contributed by atoms with Crippen molar-refractivity contribution in [2.24, 2.45) is 5.92 Å². The van der Waals surface area contributed by atoms with Crippen LogP contribution >= 0.6 is 11.8 Å². The van der Waals surface area contributed by atoms with Crippen LogP contribution in [0.5, 0.6) is 0 Å². The zero-order valence-corrected chi connectivity index (χ0v) is 20.9. The van der Waals surface area contributed by atoms with Gasteiger partial charge >= 0.3 is 0 Å². The van der Waals surface area contributed by atoms with Gasteiger partial charge in [0.1, 0.15) is 11.5 Å². The molecule has 184 valence electrons. The first-order valence-corrected chi connectivity index (χ1v) is 12.5. The van der Waals surface area contributed by atoms with E-state index in [1.807, 2.05) is 33.8 Å². The third-order valence-corrected chi connectivity index (χ3v) is 6.44. The van der Waals surface area contributed by atoms with E-state index >= 15 is 0 Å². The fraction of sp³-hybridized carbons (Fsp3) is 0.542. The van der Waals surface area contributed by atoms with Crippen molar-refractivity contribution in [2.45, 2.75) is 68.9 Å². The first kappa shape index (κ1) is 25.9. The Bertz CT molecular complexity index is 986. The van der Waals surface area contributed by atoms with Crippen molar-refractivity contribution in [1.82, 2.24) is 26.1 Å². The van der Waals surface area contributed by atoms with Crippen LogP contribution in [0.3, 0.4) is 0 Å². The molecule has 3 N–H and O–H groups in total. The topological polar surface area (TPSA) is 126 Å². The van der Waals surface area contributed by atoms with Crippen LogP contribution in [0.2, 0.25) is 0 Å². The van der Waals surface area contributed by atoms with Gasteiger partial charge in [-0.3, -0.25) is 19.7 Å². The summed E-state index contributed by atoms with van der Waals surface area (Å²) in [5, 5.41) is 17.4. The molecule has 9 nitrogen and oxygen atoms in total. The number of imide groups is 1. The minimum absolute atomic E-state index is 0.157. The normalized spacial score (nSPS) is 16.3. The van der Waals surface area contributed by atoms with E-state index in [0.29, 0.717) is 43.1 Å². The summed E-state index contributed by atoms with van der Waals surface area (Å²) in [7, 11) is 0. The van der Waals surface area contributed by atoms with E-state index in [9.17, 15) is 14.4 Å². The molecule has 3 rings (SSSR count). The molecule has 0 unspecified atom stereocenters. The number of hydrogen-bond donors (Lipinski definition) is 3. The minimum Gasteiger partial charge on any atom is -0.415 e. The van der Waals surface area contributed by atoms with Gasteiger partial charge < -0.3 is 15.1 Å². The average molecular weight is 488 g/mol. The summed E-state index contributed by atoms with van der Waals surface area (Å²) < 4.78 is 5.74. The third-order valence-electron chi connectivity index (χ3n) is 5.60. The fourth-order valence-corrected chi connectivity index (χ4v) is 4.49. The van der Waals surface area contributed by atoms with Gasteiger partial charge in [-0.05, 0) is 50.4 Å². The molecule has 1 aliphatic rings. The molecule has 1 fully saturated rings. The van der Waals surface area contributed by atoms with E-state index in [2.05, 4.69) is 26.1 Å². The van der Waals surface area contributed by atoms with Crippen LogP contribution in [0, 0.1) is 5.92 Å². The summed E-state index contributed by atoms with van der Waals surface area (Å²) in [6.45, 7) is 9.08. The Hall–Kier alpha value is -2.72. The number of carbonyl (C=O) groups is 3. The molecule has 1 aromatic carbocycles. The molecule has 0 radical (unpaired) electrons. The van der Waals surface area contributed by atoms with Gasteiger partial charge in [0.2, 0.25) is 11.8 Å². The molecular weight excluding hydrogens is 454 g/mol. The van der Waals surface area contributed by atoms with Crippen molar-refractivity contribution < 1.29 is 18.8 Å². The van der Waals surface area contributed by atoms with E-state index in [1.165, 1.54) is 11.8 Å². The van der Waals surface area contributed by atoms with Crippen LogP contribution in [0.25, 0.3) is 0 Å². The second kappa shape index (κ2) is 11.6. The summed E-state index contributed by atoms with van der Waals surface area (Å²) in [5.41, 5.74) is -0.734. The first-order valence-electron chi connectivity index (χ1n) is 11.6. The summed E-state index contributed by atoms with van der Waals surface area (Å²) in [6, 6.07) is 8.73. The molecule has 10 heteroatoms. The zero-order chi connectivity index (χ0) is 24.7. The van der Waals surface area contributed by atoms with Crippen LogP contribution in [0.15, 0.2) is 40.0 Å². The van der Waals surface area contributed by atoms with Crippen molar-refractivity contribution in [3.63, 3.8) is 0 Å². The molecule has 1 atom stereocenters. The number of piperidine rings is 1. The highest BCUT2D eigenvalue weighted by Gasteiger charge is 2.43. The SMILES string of the molecule is CC(C)C[C@H](C(=O)NC(=O)C1(NC(=O)c2ccccc2)CCNCC1)c1nnc(SC(C)C)o1. The van der Waals surface area contributed by atoms with Gasteiger partial charge in [-0.2, -0.15) is 0 Å². The van der Waals surface area contributed by atoms with Gasteiger partial charge in [-0.25, -0.2) is 0 Å². The molecule has 1 aliphatic heterocycles. The lowest BCUT2D eigenvalue weighted by Crippen LogP contribution is -2.63. The van der Waals surface area contributed by atoms with E-state index < -0.39 is 23.3 Å². The van der Waals surface area contributed by atoms with Gasteiger partial charge in [0.15, 0.2) is 0 Å². The number of rotatable bonds is 9. The largest absolute Gasteiger partial charge is 0.415 e. The van der Waals surface area contributed by atoms with Crippen molar-refractivity contribution in [3.8, 4) is 0 Å². The molecule has 1 aromatic heterocycles. The van der Waals surface area contributed by atoms with Crippen LogP contribution in [-0.4, -0.2) is 51.8 Å². The van der Waals surface area contributed by atoms with Crippen molar-refractivity contribution >= 4 is 29.5 Å². The zero-order valence-electron chi connectivity index (χ0n) is 20.1. The Labute approximate surface area is 204 Å². The molecule has 0 saturated carbocycles. The highest BCUT2D eigenvalue weighted by atomic mass is 32.2. The number of nitrogens with zero attached hydrogens (tertiary/aromatic N) is 2. The molecular formula is C24H33N5O4S. The van der Waals surface area contributed by atoms with Gasteiger partial charge in [0, 0.05) is 10.8 Å². The van der Waals surface area contributed by atoms with Crippen LogP contribution in [0.1, 0.15) is 69.1 Å². The van der Waals surface area contributed by atoms with E-state index in [1.54, 1.807) is 24.3 Å². The molecule has 0 bridgehead atoms. The van der Waals surface area contributed by atoms with Crippen LogP contribution < -0.4 is 16.0 Å². The standard InChI is InChI=1S/C24H33N5O4S/c1-15(2)14-18(21-28-29-23(33-21)34-16(3)4)20(31)26-22(32)24(10-12-25-13-11-24)27-19(30)17-8-6-5-7-9-17/h5-9,15-16,18,25H,10-14H2,1-4H3,(H,27,30)(H,26,31,32)/t18-/m1/s1. The van der Waals surface area contributed by atoms with Gasteiger partial charge in [0.05, 0.1) is 0 Å². The summed E-state index contributed by atoms with van der Waals surface area (Å²) >= 11 is 1.41. The van der Waals surface area contributed by atoms with E-state index in [4.69, 9.17) is 4.42 Å². The summed E-state index contributed by atoms with van der Waals surface area (Å²) in [4.78, 5) is 39.6. The number of amides is 3. The molecule has 2 heterocycles. The average Bonchev–Trinajstić information content (AvgIpc) is 3.25. The maximum absolute atomic E-state index is 13.4. The Kier molecular flexibility index (Phi) is 8.84. The Morgan fingerprint density at radius 1 is 1.09 bits per heavy atom. The highest BCUT2D eigenvalue weighted by Crippen LogP contribution is 2.28. The monoisotopic (exact) mass is 487 g/mol. The minimum atomic E-state index is -1.19. The van der Waals surface area contributed by atoms with Gasteiger partial charge in [0.25, 0.3) is 17.0 Å². The maximum Gasteiger partial charge on any atom is 0.276 e. The van der Waals surface area contributed by atoms with Crippen molar-refractivity contribution in [2.75, 3.05) is 13.1 Å². The number of benzene rings is 1. The maximum atomic E-state index is 13.4. The second-order valence-corrected chi connectivity index (χ2v) is 10.8. The summed E-state index contributed by atoms with van der Waals surface area (Å²) in [5.74, 6) is -1.79. The lowest BCUT2D eigenvalue weighted by molar-refractivity contribution is -0.136. The molecule has 3 amide bonds. The van der Waals surface area contributed by atoms with Crippen molar-refractivity contribution in [3.05, 3.63) is 41.8 Å². The lowest BCUT2D eigenvalue weighted by atomic mass is 9.86. The Morgan fingerprint density at radius 2 is 1.76 bits per heavy atom. The number of carbonyl (C=O) groups excluding carboxylic acids is 3. The molecule has 0 spiro atoms. The summed E-state index contributed by atoms with van der Waals surface area (Å²) in [6.07, 6.45) is 1.18. The molecule has 2 aromatic rings. The van der Waals surface area contributed by atoms with Crippen LogP contribution in [0.4, 0.5) is 0 Å². The third kappa shape index (κ3) is 6.66. The van der Waals surface area contributed by atoms with Crippen LogP contribution in [-0.2, 0) is 9.59 Å². The highest BCUT2D eigenvalue weighted by molar-refractivity contribution is 7.99. The molecule has 34 heavy (non-hydrogen) atoms. The molecule has 0 aliphatic carbocycles. The molecule has 1 saturated heterocycles. The predicted molar refractivity (Wildman–Crippen MR) is 129 cm³/mol. The number of nitrogens with one attached hydrogen (secondary N) is 3. The quantitative estimate of drug-likeness (QED) is 0.461. The number of thioether (sulfide) groups is 1. The first-order chi connectivity index (χ1) is 16.2. The lowest BCUT2D eigenvalue weighted by Gasteiger charge is -2.37. The van der Waals surface area contributed by atoms with Crippen molar-refractivity contribution in [1.29, 1.82) is 0 Å². The number of aromatic nitrogens is 2. The predicted octanol–water partition coefficient (Wildman–Crippen LogP) is 2.89. The van der Waals surface area contributed by atoms with Gasteiger partial charge in [-0.15, -0.1) is 10.2 Å². The van der Waals surface area contributed by atoms with E-state index in [-0.39, 0.29) is 23.0 Å². The number of hydrogen-bond acceptors (Lipinski definition) is 8. The van der Waals surface area contributed by atoms with E-state index in [0.717, 1.165) is 0 Å². The fourth-order valence-electron chi connectivity index (χ4n) is 3.86. The Balaban J connectivity index is 1.78. The Morgan fingerprint density at radius 3 is 2.38 bits per heavy atom. The van der Waals surface area contributed by atoms with Gasteiger partial charge in [-0.1, -0.05) is 57.7 Å².